The number of azo groups is 1. The number of fused-ring (bicyclic) bond motifs is 1. The summed E-state index contributed by atoms with van der Waals surface area (Å²) in [4.78, 5) is 26.6. The van der Waals surface area contributed by atoms with Gasteiger partial charge in [0.2, 0.25) is 5.88 Å². The molecule has 0 radical (unpaired) electrons. The summed E-state index contributed by atoms with van der Waals surface area (Å²) in [5, 5.41) is 20.3. The van der Waals surface area contributed by atoms with E-state index in [1.807, 2.05) is 6.07 Å². The summed E-state index contributed by atoms with van der Waals surface area (Å²) >= 11 is 3.27. The molecule has 0 saturated carbocycles. The monoisotopic (exact) mass is 400 g/mol. The highest BCUT2D eigenvalue weighted by molar-refractivity contribution is 9.10. The second kappa shape index (κ2) is 7.27. The van der Waals surface area contributed by atoms with Gasteiger partial charge < -0.3 is 15.4 Å². The third-order valence-electron chi connectivity index (χ3n) is 3.44. The van der Waals surface area contributed by atoms with Crippen LogP contribution < -0.4 is 5.32 Å². The van der Waals surface area contributed by atoms with Gasteiger partial charge >= 0.3 is 0 Å². The molecule has 0 aliphatic rings. The lowest BCUT2D eigenvalue weighted by Gasteiger charge is -2.04. The van der Waals surface area contributed by atoms with Crippen LogP contribution >= 0.6 is 15.9 Å². The normalized spacial score (nSPS) is 11.1. The molecule has 1 aromatic heterocycles. The van der Waals surface area contributed by atoms with E-state index >= 15 is 0 Å². The number of aromatic hydroxyl groups is 1. The molecule has 3 rings (SSSR count). The molecule has 0 spiro atoms. The van der Waals surface area contributed by atoms with Crippen molar-refractivity contribution in [3.05, 3.63) is 58.6 Å². The van der Waals surface area contributed by atoms with E-state index in [2.05, 4.69) is 36.5 Å². The van der Waals surface area contributed by atoms with Crippen molar-refractivity contribution in [1.82, 2.24) is 10.3 Å². The van der Waals surface area contributed by atoms with Gasteiger partial charge in [-0.05, 0) is 34.1 Å². The second-order valence-electron chi connectivity index (χ2n) is 5.12. The number of aromatic nitrogens is 1. The highest BCUT2D eigenvalue weighted by atomic mass is 79.9. The van der Waals surface area contributed by atoms with Crippen LogP contribution in [0.2, 0.25) is 0 Å². The lowest BCUT2D eigenvalue weighted by Crippen LogP contribution is -2.28. The van der Waals surface area contributed by atoms with Crippen molar-refractivity contribution in [1.29, 1.82) is 0 Å². The number of H-pyrrole nitrogens is 1. The maximum atomic E-state index is 12.0. The number of nitrogens with zero attached hydrogens (tertiary/aromatic N) is 2. The molecule has 3 aromatic rings. The van der Waals surface area contributed by atoms with Crippen molar-refractivity contribution in [2.24, 2.45) is 10.2 Å². The van der Waals surface area contributed by atoms with Gasteiger partial charge in [-0.2, -0.15) is 0 Å². The average molecular weight is 401 g/mol. The Kier molecular flexibility index (Phi) is 4.90. The highest BCUT2D eigenvalue weighted by Crippen LogP contribution is 2.35. The fourth-order valence-electron chi connectivity index (χ4n) is 2.25. The molecule has 1 heterocycles. The summed E-state index contributed by atoms with van der Waals surface area (Å²) in [6.45, 7) is -0.299. The van der Waals surface area contributed by atoms with Crippen molar-refractivity contribution in [3.63, 3.8) is 0 Å². The number of halogens is 1. The fourth-order valence-corrected chi connectivity index (χ4v) is 2.72. The molecule has 25 heavy (non-hydrogen) atoms. The maximum absolute atomic E-state index is 12.0. The summed E-state index contributed by atoms with van der Waals surface area (Å²) in [7, 11) is 0. The van der Waals surface area contributed by atoms with Gasteiger partial charge in [0.05, 0.1) is 11.1 Å². The summed E-state index contributed by atoms with van der Waals surface area (Å²) in [6.07, 6.45) is 0. The van der Waals surface area contributed by atoms with Crippen LogP contribution in [0, 0.1) is 0 Å². The van der Waals surface area contributed by atoms with Crippen LogP contribution in [0.5, 0.6) is 5.88 Å². The Labute approximate surface area is 150 Å². The minimum absolute atomic E-state index is 0.171. The summed E-state index contributed by atoms with van der Waals surface area (Å²) < 4.78 is 0.630. The molecular formula is C17H13BrN4O3. The topological polar surface area (TPSA) is 107 Å². The van der Waals surface area contributed by atoms with Crippen molar-refractivity contribution in [2.45, 2.75) is 0 Å². The smallest absolute Gasteiger partial charge is 0.283 e. The van der Waals surface area contributed by atoms with E-state index in [9.17, 15) is 14.7 Å². The molecule has 2 aromatic carbocycles. The van der Waals surface area contributed by atoms with Crippen LogP contribution in [-0.4, -0.2) is 28.4 Å². The number of nitrogens with one attached hydrogen (secondary N) is 2. The number of carbonyl (C=O) groups is 2. The first-order valence-corrected chi connectivity index (χ1v) is 8.12. The largest absolute Gasteiger partial charge is 0.493 e. The third kappa shape index (κ3) is 3.74. The predicted molar refractivity (Wildman–Crippen MR) is 96.0 cm³/mol. The number of amides is 2. The standard InChI is InChI=1S/C17H13BrN4O3/c18-12-7-3-1-5-10(12)16(24)19-9-14(23)21-22-15-11-6-2-4-8-13(11)20-17(15)25/h1-8,20,25H,9H2,(H,19,24). The summed E-state index contributed by atoms with van der Waals surface area (Å²) in [5.74, 6) is -1.20. The number of hydrogen-bond acceptors (Lipinski definition) is 4. The van der Waals surface area contributed by atoms with Crippen LogP contribution in [-0.2, 0) is 4.79 Å². The van der Waals surface area contributed by atoms with Crippen molar-refractivity contribution < 1.29 is 14.7 Å². The minimum atomic E-state index is -0.634. The van der Waals surface area contributed by atoms with Gasteiger partial charge in [-0.15, -0.1) is 10.2 Å². The van der Waals surface area contributed by atoms with E-state index in [-0.39, 0.29) is 18.1 Å². The molecule has 0 atom stereocenters. The first kappa shape index (κ1) is 16.8. The van der Waals surface area contributed by atoms with Gasteiger partial charge in [0.1, 0.15) is 6.54 Å². The number of carbonyl (C=O) groups excluding carboxylic acids is 2. The minimum Gasteiger partial charge on any atom is -0.493 e. The molecule has 7 nitrogen and oxygen atoms in total. The predicted octanol–water partition coefficient (Wildman–Crippen LogP) is 3.68. The zero-order valence-electron chi connectivity index (χ0n) is 12.9. The molecule has 0 saturated heterocycles. The van der Waals surface area contributed by atoms with Crippen molar-refractivity contribution >= 4 is 44.3 Å². The van der Waals surface area contributed by atoms with E-state index in [0.29, 0.717) is 20.9 Å². The molecule has 0 unspecified atom stereocenters. The van der Waals surface area contributed by atoms with E-state index in [1.165, 1.54) is 0 Å². The Hall–Kier alpha value is -3.00. The molecule has 0 aliphatic carbocycles. The zero-order chi connectivity index (χ0) is 17.8. The molecule has 8 heteroatoms. The van der Waals surface area contributed by atoms with Gasteiger partial charge in [-0.3, -0.25) is 9.59 Å². The second-order valence-corrected chi connectivity index (χ2v) is 5.98. The zero-order valence-corrected chi connectivity index (χ0v) is 14.4. The molecule has 0 fully saturated rings. The Morgan fingerprint density at radius 1 is 1.12 bits per heavy atom. The van der Waals surface area contributed by atoms with Crippen LogP contribution in [0.3, 0.4) is 0 Å². The Morgan fingerprint density at radius 3 is 2.64 bits per heavy atom. The number of benzene rings is 2. The quantitative estimate of drug-likeness (QED) is 0.581. The molecule has 3 N–H and O–H groups in total. The third-order valence-corrected chi connectivity index (χ3v) is 4.13. The SMILES string of the molecule is O=C(CNC(=O)c1ccccc1Br)N=Nc1c(O)[nH]c2ccccc12. The summed E-state index contributed by atoms with van der Waals surface area (Å²) in [5.41, 5.74) is 1.28. The first-order chi connectivity index (χ1) is 12.1. The van der Waals surface area contributed by atoms with Gasteiger partial charge in [0.15, 0.2) is 5.69 Å². The van der Waals surface area contributed by atoms with Crippen molar-refractivity contribution in [2.75, 3.05) is 6.54 Å². The van der Waals surface area contributed by atoms with Gasteiger partial charge in [-0.25, -0.2) is 0 Å². The lowest BCUT2D eigenvalue weighted by molar-refractivity contribution is -0.117. The van der Waals surface area contributed by atoms with Crippen LogP contribution in [0.1, 0.15) is 10.4 Å². The van der Waals surface area contributed by atoms with E-state index in [1.54, 1.807) is 42.5 Å². The number of para-hydroxylation sites is 1. The first-order valence-electron chi connectivity index (χ1n) is 7.33. The maximum Gasteiger partial charge on any atom is 0.283 e. The molecule has 0 bridgehead atoms. The van der Waals surface area contributed by atoms with Gasteiger partial charge in [0.25, 0.3) is 11.8 Å². The van der Waals surface area contributed by atoms with E-state index in [0.717, 1.165) is 0 Å². The fraction of sp³-hybridized carbons (Fsp3) is 0.0588. The van der Waals surface area contributed by atoms with Gasteiger partial charge in [-0.1, -0.05) is 30.3 Å². The van der Waals surface area contributed by atoms with E-state index < -0.39 is 11.8 Å². The Bertz CT molecular complexity index is 981. The number of rotatable bonds is 4. The Balaban J connectivity index is 1.66. The number of hydrogen-bond donors (Lipinski definition) is 3. The number of aromatic amines is 1. The van der Waals surface area contributed by atoms with Gasteiger partial charge in [0, 0.05) is 9.86 Å². The van der Waals surface area contributed by atoms with Crippen molar-refractivity contribution in [3.8, 4) is 5.88 Å². The van der Waals surface area contributed by atoms with Crippen LogP contribution in [0.4, 0.5) is 5.69 Å². The average Bonchev–Trinajstić information content (AvgIpc) is 2.93. The van der Waals surface area contributed by atoms with Crippen LogP contribution in [0.15, 0.2) is 63.2 Å². The van der Waals surface area contributed by atoms with Crippen LogP contribution in [0.25, 0.3) is 10.9 Å². The lowest BCUT2D eigenvalue weighted by atomic mass is 10.2. The molecule has 2 amide bonds. The molecular weight excluding hydrogens is 388 g/mol. The highest BCUT2D eigenvalue weighted by Gasteiger charge is 2.12. The molecule has 126 valence electrons. The summed E-state index contributed by atoms with van der Waals surface area (Å²) in [6, 6.07) is 14.0. The molecule has 0 aliphatic heterocycles. The Morgan fingerprint density at radius 2 is 1.84 bits per heavy atom. The van der Waals surface area contributed by atoms with E-state index in [4.69, 9.17) is 0 Å².